The van der Waals surface area contributed by atoms with Crippen LogP contribution in [0.1, 0.15) is 0 Å². The molecular weight excluding hydrogens is 1910 g/mol. The van der Waals surface area contributed by atoms with E-state index in [9.17, 15) is 0 Å². The zero-order valence-electron chi connectivity index (χ0n) is 76.0. The van der Waals surface area contributed by atoms with Crippen molar-refractivity contribution in [3.8, 4) is 169 Å². The van der Waals surface area contributed by atoms with E-state index in [1.807, 2.05) is 133 Å². The molecule has 0 bridgehead atoms. The monoisotopic (exact) mass is 2000 g/mol. The molecule has 9 nitrogen and oxygen atoms in total. The average molecular weight is 1990 g/mol. The van der Waals surface area contributed by atoms with Gasteiger partial charge in [0.1, 0.15) is 0 Å². The molecule has 6 heterocycles. The molecule has 0 saturated heterocycles. The van der Waals surface area contributed by atoms with Gasteiger partial charge in [-0.05, 0) is 11.1 Å². The van der Waals surface area contributed by atoms with Gasteiger partial charge >= 0.3 is 719 Å². The molecule has 141 heavy (non-hydrogen) atoms. The number of fused-ring (bicyclic) bond motifs is 12. The minimum atomic E-state index is 0.205. The second-order valence-electron chi connectivity index (χ2n) is 34.9. The maximum atomic E-state index is 5.12. The van der Waals surface area contributed by atoms with Crippen molar-refractivity contribution in [3.05, 3.63) is 491 Å². The summed E-state index contributed by atoms with van der Waals surface area (Å²) in [6.45, 7) is 0. The van der Waals surface area contributed by atoms with Crippen molar-refractivity contribution in [2.45, 2.75) is 0 Å². The van der Waals surface area contributed by atoms with E-state index >= 15 is 0 Å². The summed E-state index contributed by atoms with van der Waals surface area (Å²) in [5, 5.41) is 15.1. The quantitative estimate of drug-likeness (QED) is 0.0925. The Bertz CT molecular complexity index is 9300. The van der Waals surface area contributed by atoms with E-state index in [1.54, 1.807) is 0 Å². The van der Waals surface area contributed by atoms with E-state index in [0.29, 0.717) is 52.4 Å². The normalized spacial score (nSPS) is 11.4. The third kappa shape index (κ3) is 16.8. The first-order chi connectivity index (χ1) is 69.9. The average Bonchev–Trinajstić information content (AvgIpc) is 1.64. The second-order valence-corrected chi connectivity index (χ2v) is 41.5. The predicted octanol–water partition coefficient (Wildman–Crippen LogP) is 32.2. The van der Waals surface area contributed by atoms with Gasteiger partial charge in [0.25, 0.3) is 0 Å². The molecule has 660 valence electrons. The Morgan fingerprint density at radius 1 is 0.121 bits per heavy atom. The SMILES string of the molecule is c1ccc(-c2cccc(-c3nc(-c4ccccc4)nc(-c4ccc5c(-c6cccc7c6[se]c6ccccc67)cccc5c4)n3)c2)cc1.c1ccc(-c2nc(-c3ccccc3)nc(-c3cc(-c4cccc5[se]c6c(-c7ccccc7)cccc6c45)cc4ccccc34)n2)cc1.c1ccc(-c2nc(-c3ccccc3)nc(-c3cccc4c(-c5ccc6c(c5)[se]c5c(-c7ccccc7)cccc56)cccc34)n2)cc1. The molecule has 0 radical (unpaired) electrons. The van der Waals surface area contributed by atoms with Crippen molar-refractivity contribution < 1.29 is 0 Å². The van der Waals surface area contributed by atoms with Crippen LogP contribution in [-0.2, 0) is 0 Å². The van der Waals surface area contributed by atoms with Crippen LogP contribution < -0.4 is 0 Å². The van der Waals surface area contributed by atoms with Crippen molar-refractivity contribution in [1.82, 2.24) is 44.9 Å². The second kappa shape index (κ2) is 37.8. The Morgan fingerprint density at radius 3 is 0.979 bits per heavy atom. The fraction of sp³-hybridized carbons (Fsp3) is 0. The maximum absolute atomic E-state index is 5.12. The Labute approximate surface area is 832 Å². The Hall–Kier alpha value is -17.0. The summed E-state index contributed by atoms with van der Waals surface area (Å²) in [6, 6.07) is 173. The number of hydrogen-bond acceptors (Lipinski definition) is 9. The van der Waals surface area contributed by atoms with Gasteiger partial charge in [-0.2, -0.15) is 0 Å². The molecule has 0 spiro atoms. The minimum Gasteiger partial charge on any atom is -0.0615 e. The predicted molar refractivity (Wildman–Crippen MR) is 589 cm³/mol. The van der Waals surface area contributed by atoms with Crippen LogP contribution in [0.15, 0.2) is 491 Å². The van der Waals surface area contributed by atoms with Crippen LogP contribution >= 0.6 is 0 Å². The molecule has 0 saturated carbocycles. The summed E-state index contributed by atoms with van der Waals surface area (Å²) in [7, 11) is 0. The Morgan fingerprint density at radius 2 is 0.426 bits per heavy atom. The van der Waals surface area contributed by atoms with Crippen LogP contribution in [-0.4, -0.2) is 88.4 Å². The van der Waals surface area contributed by atoms with Gasteiger partial charge in [-0.1, -0.05) is 109 Å². The zero-order valence-corrected chi connectivity index (χ0v) is 81.2. The standard InChI is InChI=1S/3C43H27N3Se/c1-4-13-28(14-5-1)33-20-11-23-37-36-26-25-31(27-39(36)47-40(33)37)32-19-10-22-35-34(32)21-12-24-38(35)43-45-41(29-15-6-2-7-16-29)44-42(46-43)30-17-8-3-9-18-30;1-4-14-28(15-5-1)35-23-12-24-36-39-34(22-13-25-38(39)47-40(35)36)32-26-31-20-10-11-21-33(31)37(27-32)43-45-41(29-16-6-2-7-17-29)44-42(46-43)30-18-8-3-9-19-30;1-3-12-28(13-4-1)30-16-9-18-32(26-30)42-44-41(29-14-5-2-6-15-29)45-43(46-42)33-24-25-34-31(27-33)17-10-20-35(34)37-21-11-22-38-36-19-7-8-23-39(36)47-40(37)38/h3*1-27H. The first-order valence-electron chi connectivity index (χ1n) is 47.1. The number of rotatable bonds is 15. The summed E-state index contributed by atoms with van der Waals surface area (Å²) < 4.78 is 8.69. The van der Waals surface area contributed by atoms with Crippen LogP contribution in [0.2, 0.25) is 0 Å². The van der Waals surface area contributed by atoms with Gasteiger partial charge in [-0.25, -0.2) is 0 Å². The third-order valence-corrected chi connectivity index (χ3v) is 33.8. The molecule has 0 aliphatic carbocycles. The molecule has 0 aliphatic rings. The smallest absolute Gasteiger partial charge is 0.0615 e. The van der Waals surface area contributed by atoms with Crippen LogP contribution in [0.4, 0.5) is 0 Å². The number of hydrogen-bond donors (Lipinski definition) is 0. The van der Waals surface area contributed by atoms with Crippen molar-refractivity contribution in [2.75, 3.05) is 0 Å². The fourth-order valence-electron chi connectivity index (χ4n) is 19.4. The van der Waals surface area contributed by atoms with E-state index in [4.69, 9.17) is 44.9 Å². The fourth-order valence-corrected chi connectivity index (χ4v) is 27.4. The Balaban J connectivity index is 0.000000111. The van der Waals surface area contributed by atoms with Crippen LogP contribution in [0.5, 0.6) is 0 Å². The molecular formula is C129H81N9Se3. The summed E-state index contributed by atoms with van der Waals surface area (Å²) in [5.74, 6) is 5.96. The van der Waals surface area contributed by atoms with Gasteiger partial charge < -0.3 is 0 Å². The molecule has 0 fully saturated rings. The van der Waals surface area contributed by atoms with E-state index < -0.39 is 0 Å². The Kier molecular flexibility index (Phi) is 23.0. The van der Waals surface area contributed by atoms with E-state index in [-0.39, 0.29) is 43.5 Å². The van der Waals surface area contributed by atoms with Gasteiger partial charge in [0.05, 0.1) is 0 Å². The van der Waals surface area contributed by atoms with Gasteiger partial charge in [0.2, 0.25) is 0 Å². The van der Waals surface area contributed by atoms with Crippen molar-refractivity contribution >= 4 is 134 Å². The van der Waals surface area contributed by atoms with Gasteiger partial charge in [0, 0.05) is 0 Å². The van der Waals surface area contributed by atoms with Crippen LogP contribution in [0, 0.1) is 0 Å². The molecule has 0 unspecified atom stereocenters. The molecule has 0 N–H and O–H groups in total. The molecule has 6 aromatic heterocycles. The molecule has 0 atom stereocenters. The van der Waals surface area contributed by atoms with Gasteiger partial charge in [-0.15, -0.1) is 0 Å². The van der Waals surface area contributed by atoms with E-state index in [1.165, 1.54) is 119 Å². The van der Waals surface area contributed by atoms with Crippen molar-refractivity contribution in [1.29, 1.82) is 0 Å². The molecule has 12 heteroatoms. The van der Waals surface area contributed by atoms with Crippen molar-refractivity contribution in [3.63, 3.8) is 0 Å². The summed E-state index contributed by atoms with van der Waals surface area (Å²) in [5.41, 5.74) is 23.6. The van der Waals surface area contributed by atoms with E-state index in [0.717, 1.165) is 88.3 Å². The number of nitrogens with zero attached hydrogens (tertiary/aromatic N) is 9. The van der Waals surface area contributed by atoms with Crippen LogP contribution in [0.25, 0.3) is 259 Å². The van der Waals surface area contributed by atoms with Crippen molar-refractivity contribution in [2.24, 2.45) is 0 Å². The van der Waals surface area contributed by atoms with E-state index in [2.05, 4.69) is 358 Å². The van der Waals surface area contributed by atoms with Gasteiger partial charge in [0.15, 0.2) is 0 Å². The molecule has 0 aliphatic heterocycles. The topological polar surface area (TPSA) is 116 Å². The minimum absolute atomic E-state index is 0.205. The van der Waals surface area contributed by atoms with Crippen LogP contribution in [0.3, 0.4) is 0 Å². The molecule has 27 rings (SSSR count). The number of benzene rings is 21. The molecule has 27 aromatic rings. The van der Waals surface area contributed by atoms with Gasteiger partial charge in [-0.3, -0.25) is 0 Å². The zero-order chi connectivity index (χ0) is 93.5. The molecule has 21 aromatic carbocycles. The first-order valence-corrected chi connectivity index (χ1v) is 52.2. The summed E-state index contributed by atoms with van der Waals surface area (Å²) >= 11 is 0.698. The number of aromatic nitrogens is 9. The third-order valence-electron chi connectivity index (χ3n) is 26.2. The summed E-state index contributed by atoms with van der Waals surface area (Å²) in [4.78, 5) is 45.2. The summed E-state index contributed by atoms with van der Waals surface area (Å²) in [6.07, 6.45) is 0. The molecule has 0 amide bonds. The first kappa shape index (κ1) is 85.6.